The zero-order valence-corrected chi connectivity index (χ0v) is 11.7. The highest BCUT2D eigenvalue weighted by molar-refractivity contribution is 7.89. The molecule has 0 aliphatic heterocycles. The standard InChI is InChI=1S/C13H17F2NO3S/c14-11-6-10(8-17)7-12(13(11)15)20(18,19)16-5-1-2-9-3-4-9/h6-7,9,16-17H,1-5,8H2. The van der Waals surface area contributed by atoms with Crippen molar-refractivity contribution in [2.45, 2.75) is 37.2 Å². The summed E-state index contributed by atoms with van der Waals surface area (Å²) >= 11 is 0. The highest BCUT2D eigenvalue weighted by atomic mass is 32.2. The molecule has 0 bridgehead atoms. The van der Waals surface area contributed by atoms with Crippen molar-refractivity contribution in [3.05, 3.63) is 29.3 Å². The maximum Gasteiger partial charge on any atom is 0.243 e. The molecule has 0 aromatic heterocycles. The maximum atomic E-state index is 13.6. The Balaban J connectivity index is 2.08. The quantitative estimate of drug-likeness (QED) is 0.756. The van der Waals surface area contributed by atoms with Gasteiger partial charge in [0.1, 0.15) is 4.90 Å². The van der Waals surface area contributed by atoms with Gasteiger partial charge in [0, 0.05) is 6.54 Å². The van der Waals surface area contributed by atoms with Crippen LogP contribution in [0.2, 0.25) is 0 Å². The Morgan fingerprint density at radius 1 is 1.30 bits per heavy atom. The van der Waals surface area contributed by atoms with Crippen molar-refractivity contribution >= 4 is 10.0 Å². The van der Waals surface area contributed by atoms with Gasteiger partial charge in [-0.15, -0.1) is 0 Å². The van der Waals surface area contributed by atoms with Crippen molar-refractivity contribution in [1.29, 1.82) is 0 Å². The van der Waals surface area contributed by atoms with E-state index in [4.69, 9.17) is 5.11 Å². The van der Waals surface area contributed by atoms with Crippen LogP contribution in [0, 0.1) is 17.6 Å². The second-order valence-corrected chi connectivity index (χ2v) is 6.77. The fourth-order valence-corrected chi connectivity index (χ4v) is 3.19. The van der Waals surface area contributed by atoms with Gasteiger partial charge < -0.3 is 5.11 Å². The molecular formula is C13H17F2NO3S. The van der Waals surface area contributed by atoms with E-state index in [0.29, 0.717) is 12.3 Å². The highest BCUT2D eigenvalue weighted by Crippen LogP contribution is 2.33. The van der Waals surface area contributed by atoms with E-state index in [1.807, 2.05) is 0 Å². The smallest absolute Gasteiger partial charge is 0.243 e. The monoisotopic (exact) mass is 305 g/mol. The van der Waals surface area contributed by atoms with Crippen LogP contribution in [-0.4, -0.2) is 20.1 Å². The van der Waals surface area contributed by atoms with Crippen LogP contribution >= 0.6 is 0 Å². The topological polar surface area (TPSA) is 66.4 Å². The summed E-state index contributed by atoms with van der Waals surface area (Å²) in [5, 5.41) is 8.92. The first-order valence-electron chi connectivity index (χ1n) is 6.52. The summed E-state index contributed by atoms with van der Waals surface area (Å²) in [5.74, 6) is -2.02. The molecular weight excluding hydrogens is 288 g/mol. The summed E-state index contributed by atoms with van der Waals surface area (Å²) in [6.07, 6.45) is 3.99. The van der Waals surface area contributed by atoms with Crippen LogP contribution in [0.3, 0.4) is 0 Å². The van der Waals surface area contributed by atoms with E-state index in [9.17, 15) is 17.2 Å². The van der Waals surface area contributed by atoms with E-state index in [2.05, 4.69) is 4.72 Å². The zero-order valence-electron chi connectivity index (χ0n) is 10.9. The van der Waals surface area contributed by atoms with E-state index >= 15 is 0 Å². The van der Waals surface area contributed by atoms with E-state index in [1.54, 1.807) is 0 Å². The molecule has 0 heterocycles. The summed E-state index contributed by atoms with van der Waals surface area (Å²) in [7, 11) is -4.10. The predicted molar refractivity (Wildman–Crippen MR) is 69.4 cm³/mol. The second kappa shape index (κ2) is 6.15. The molecule has 1 aromatic rings. The van der Waals surface area contributed by atoms with Crippen LogP contribution in [0.4, 0.5) is 8.78 Å². The van der Waals surface area contributed by atoms with Crippen molar-refractivity contribution in [2.75, 3.05) is 6.54 Å². The van der Waals surface area contributed by atoms with Gasteiger partial charge in [0.05, 0.1) is 6.61 Å². The number of rotatable bonds is 7. The lowest BCUT2D eigenvalue weighted by atomic mass is 10.2. The number of aliphatic hydroxyl groups excluding tert-OH is 1. The first-order chi connectivity index (χ1) is 9.44. The molecule has 0 atom stereocenters. The summed E-state index contributed by atoms with van der Waals surface area (Å²) in [4.78, 5) is -0.757. The van der Waals surface area contributed by atoms with Gasteiger partial charge in [-0.1, -0.05) is 12.8 Å². The molecule has 20 heavy (non-hydrogen) atoms. The van der Waals surface area contributed by atoms with Crippen LogP contribution in [0.1, 0.15) is 31.2 Å². The Morgan fingerprint density at radius 2 is 2.00 bits per heavy atom. The largest absolute Gasteiger partial charge is 0.392 e. The molecule has 1 aromatic carbocycles. The van der Waals surface area contributed by atoms with E-state index in [0.717, 1.165) is 18.6 Å². The predicted octanol–water partition coefficient (Wildman–Crippen LogP) is 1.93. The Kier molecular flexibility index (Phi) is 4.72. The van der Waals surface area contributed by atoms with Crippen LogP contribution in [0.25, 0.3) is 0 Å². The van der Waals surface area contributed by atoms with Crippen LogP contribution in [0.5, 0.6) is 0 Å². The minimum absolute atomic E-state index is 0.0160. The van der Waals surface area contributed by atoms with Gasteiger partial charge >= 0.3 is 0 Å². The first kappa shape index (κ1) is 15.3. The molecule has 0 amide bonds. The second-order valence-electron chi connectivity index (χ2n) is 5.03. The molecule has 0 spiro atoms. The van der Waals surface area contributed by atoms with Crippen molar-refractivity contribution in [3.63, 3.8) is 0 Å². The number of hydrogen-bond donors (Lipinski definition) is 2. The SMILES string of the molecule is O=S(=O)(NCCCC1CC1)c1cc(CO)cc(F)c1F. The number of benzene rings is 1. The highest BCUT2D eigenvalue weighted by Gasteiger charge is 2.24. The summed E-state index contributed by atoms with van der Waals surface area (Å²) in [6, 6.07) is 1.73. The number of nitrogens with one attached hydrogen (secondary N) is 1. The molecule has 7 heteroatoms. The van der Waals surface area contributed by atoms with Crippen molar-refractivity contribution in [1.82, 2.24) is 4.72 Å². The summed E-state index contributed by atoms with van der Waals surface area (Å²) in [5.41, 5.74) is 0.0160. The van der Waals surface area contributed by atoms with Crippen LogP contribution in [0.15, 0.2) is 17.0 Å². The third-order valence-electron chi connectivity index (χ3n) is 3.30. The molecule has 1 fully saturated rings. The molecule has 1 aliphatic carbocycles. The first-order valence-corrected chi connectivity index (χ1v) is 8.01. The number of hydrogen-bond acceptors (Lipinski definition) is 3. The average molecular weight is 305 g/mol. The van der Waals surface area contributed by atoms with Crippen molar-refractivity contribution in [3.8, 4) is 0 Å². The minimum Gasteiger partial charge on any atom is -0.392 e. The van der Waals surface area contributed by atoms with Gasteiger partial charge in [0.25, 0.3) is 0 Å². The minimum atomic E-state index is -4.10. The lowest BCUT2D eigenvalue weighted by Gasteiger charge is -2.09. The molecule has 4 nitrogen and oxygen atoms in total. The Bertz CT molecular complexity index is 586. The van der Waals surface area contributed by atoms with Gasteiger partial charge in [0.2, 0.25) is 10.0 Å². The average Bonchev–Trinajstić information content (AvgIpc) is 3.21. The molecule has 0 radical (unpaired) electrons. The van der Waals surface area contributed by atoms with Crippen molar-refractivity contribution in [2.24, 2.45) is 5.92 Å². The van der Waals surface area contributed by atoms with E-state index in [1.165, 1.54) is 12.8 Å². The van der Waals surface area contributed by atoms with Gasteiger partial charge in [-0.25, -0.2) is 21.9 Å². The van der Waals surface area contributed by atoms with Gasteiger partial charge in [-0.05, 0) is 36.5 Å². The molecule has 0 unspecified atom stereocenters. The molecule has 112 valence electrons. The molecule has 2 rings (SSSR count). The number of aliphatic hydroxyl groups is 1. The Hall–Kier alpha value is -1.05. The third-order valence-corrected chi connectivity index (χ3v) is 4.77. The fraction of sp³-hybridized carbons (Fsp3) is 0.538. The number of sulfonamides is 1. The molecule has 0 saturated heterocycles. The van der Waals surface area contributed by atoms with Crippen LogP contribution in [-0.2, 0) is 16.6 Å². The van der Waals surface area contributed by atoms with E-state index < -0.39 is 33.2 Å². The normalized spacial score (nSPS) is 15.6. The fourth-order valence-electron chi connectivity index (χ4n) is 1.99. The Labute approximate surface area is 116 Å². The molecule has 1 saturated carbocycles. The summed E-state index contributed by atoms with van der Waals surface area (Å²) in [6.45, 7) is -0.357. The lowest BCUT2D eigenvalue weighted by molar-refractivity contribution is 0.280. The Morgan fingerprint density at radius 3 is 2.60 bits per heavy atom. The molecule has 1 aliphatic rings. The third kappa shape index (κ3) is 3.74. The maximum absolute atomic E-state index is 13.6. The van der Waals surface area contributed by atoms with Gasteiger partial charge in [-0.3, -0.25) is 0 Å². The van der Waals surface area contributed by atoms with Gasteiger partial charge in [-0.2, -0.15) is 0 Å². The summed E-state index contributed by atoms with van der Waals surface area (Å²) < 4.78 is 53.0. The zero-order chi connectivity index (χ0) is 14.8. The lowest BCUT2D eigenvalue weighted by Crippen LogP contribution is -2.26. The van der Waals surface area contributed by atoms with Crippen LogP contribution < -0.4 is 4.72 Å². The van der Waals surface area contributed by atoms with Crippen molar-refractivity contribution < 1.29 is 22.3 Å². The van der Waals surface area contributed by atoms with E-state index in [-0.39, 0.29) is 12.1 Å². The number of halogens is 2. The molecule has 2 N–H and O–H groups in total. The van der Waals surface area contributed by atoms with Gasteiger partial charge in [0.15, 0.2) is 11.6 Å².